The second-order valence-corrected chi connectivity index (χ2v) is 7.72. The summed E-state index contributed by atoms with van der Waals surface area (Å²) in [5.74, 6) is 1.92. The van der Waals surface area contributed by atoms with Crippen LogP contribution in [0.25, 0.3) is 11.3 Å². The van der Waals surface area contributed by atoms with Crippen molar-refractivity contribution in [3.8, 4) is 17.0 Å². The maximum absolute atomic E-state index is 5.91. The highest BCUT2D eigenvalue weighted by atomic mass is 16.5. The molecule has 2 fully saturated rings. The lowest BCUT2D eigenvalue weighted by Crippen LogP contribution is -2.28. The number of likely N-dealkylation sites (tertiary alicyclic amines) is 1. The molecule has 3 heterocycles. The highest BCUT2D eigenvalue weighted by molar-refractivity contribution is 5.60. The minimum Gasteiger partial charge on any atom is -0.494 e. The van der Waals surface area contributed by atoms with Crippen molar-refractivity contribution in [1.29, 1.82) is 0 Å². The molecule has 0 spiro atoms. The van der Waals surface area contributed by atoms with E-state index in [0.29, 0.717) is 0 Å². The molecule has 27 heavy (non-hydrogen) atoms. The molecule has 0 N–H and O–H groups in total. The lowest BCUT2D eigenvalue weighted by molar-refractivity contribution is 0.230. The van der Waals surface area contributed by atoms with Crippen molar-refractivity contribution in [2.75, 3.05) is 37.7 Å². The Morgan fingerprint density at radius 3 is 2.44 bits per heavy atom. The maximum Gasteiger partial charge on any atom is 0.151 e. The van der Waals surface area contributed by atoms with E-state index in [9.17, 15) is 0 Å². The first kappa shape index (κ1) is 18.2. The van der Waals surface area contributed by atoms with Gasteiger partial charge in [0.1, 0.15) is 5.75 Å². The van der Waals surface area contributed by atoms with Crippen LogP contribution in [0.1, 0.15) is 39.0 Å². The molecule has 1 unspecified atom stereocenters. The van der Waals surface area contributed by atoms with Crippen LogP contribution in [0.15, 0.2) is 36.4 Å². The zero-order valence-corrected chi connectivity index (χ0v) is 16.3. The average molecular weight is 367 g/mol. The average Bonchev–Trinajstić information content (AvgIpc) is 3.38. The number of hydrogen-bond donors (Lipinski definition) is 0. The molecule has 1 aromatic carbocycles. The van der Waals surface area contributed by atoms with E-state index in [1.807, 2.05) is 12.1 Å². The van der Waals surface area contributed by atoms with Crippen LogP contribution < -0.4 is 9.64 Å². The second kappa shape index (κ2) is 8.70. The smallest absolute Gasteiger partial charge is 0.151 e. The van der Waals surface area contributed by atoms with Crippen LogP contribution in [0.2, 0.25) is 0 Å². The van der Waals surface area contributed by atoms with E-state index >= 15 is 0 Å². The first-order valence-electron chi connectivity index (χ1n) is 10.4. The van der Waals surface area contributed by atoms with Crippen molar-refractivity contribution >= 4 is 5.82 Å². The Kier molecular flexibility index (Phi) is 5.87. The van der Waals surface area contributed by atoms with Gasteiger partial charge in [-0.3, -0.25) is 0 Å². The van der Waals surface area contributed by atoms with Crippen LogP contribution >= 0.6 is 0 Å². The SMILES string of the molecule is CC1CCCN1CCCOc1ccc(-c2ccc(N3CCCC3)nn2)cc1. The van der Waals surface area contributed by atoms with E-state index in [2.05, 4.69) is 51.2 Å². The molecule has 0 saturated carbocycles. The molecule has 2 aliphatic heterocycles. The molecule has 0 aliphatic carbocycles. The monoisotopic (exact) mass is 366 g/mol. The first-order chi connectivity index (χ1) is 13.3. The fourth-order valence-corrected chi connectivity index (χ4v) is 4.10. The molecule has 0 bridgehead atoms. The summed E-state index contributed by atoms with van der Waals surface area (Å²) < 4.78 is 5.91. The highest BCUT2D eigenvalue weighted by Gasteiger charge is 2.19. The van der Waals surface area contributed by atoms with E-state index in [1.54, 1.807) is 0 Å². The van der Waals surface area contributed by atoms with Gasteiger partial charge in [0, 0.05) is 31.2 Å². The van der Waals surface area contributed by atoms with E-state index < -0.39 is 0 Å². The van der Waals surface area contributed by atoms with Gasteiger partial charge < -0.3 is 14.5 Å². The number of hydrogen-bond acceptors (Lipinski definition) is 5. The van der Waals surface area contributed by atoms with Gasteiger partial charge in [-0.15, -0.1) is 10.2 Å². The number of nitrogens with zero attached hydrogens (tertiary/aromatic N) is 4. The molecule has 0 radical (unpaired) electrons. The molecular formula is C22H30N4O. The summed E-state index contributed by atoms with van der Waals surface area (Å²) in [5.41, 5.74) is 1.99. The van der Waals surface area contributed by atoms with Gasteiger partial charge >= 0.3 is 0 Å². The lowest BCUT2D eigenvalue weighted by atomic mass is 10.1. The van der Waals surface area contributed by atoms with Crippen molar-refractivity contribution in [2.45, 2.75) is 45.1 Å². The summed E-state index contributed by atoms with van der Waals surface area (Å²) in [4.78, 5) is 4.87. The van der Waals surface area contributed by atoms with Gasteiger partial charge in [0.05, 0.1) is 12.3 Å². The Hall–Kier alpha value is -2.14. The molecule has 1 aromatic heterocycles. The van der Waals surface area contributed by atoms with Gasteiger partial charge in [0.15, 0.2) is 5.82 Å². The van der Waals surface area contributed by atoms with Crippen molar-refractivity contribution in [2.24, 2.45) is 0 Å². The van der Waals surface area contributed by atoms with Crippen molar-refractivity contribution < 1.29 is 4.74 Å². The normalized spacial score (nSPS) is 20.3. The second-order valence-electron chi connectivity index (χ2n) is 7.72. The molecule has 1 atom stereocenters. The zero-order chi connectivity index (χ0) is 18.5. The fraction of sp³-hybridized carbons (Fsp3) is 0.545. The Labute approximate surface area is 162 Å². The first-order valence-corrected chi connectivity index (χ1v) is 10.4. The Morgan fingerprint density at radius 2 is 1.78 bits per heavy atom. The third-order valence-electron chi connectivity index (χ3n) is 5.78. The molecule has 2 aliphatic rings. The van der Waals surface area contributed by atoms with E-state index in [1.165, 1.54) is 32.2 Å². The van der Waals surface area contributed by atoms with Crippen molar-refractivity contribution in [3.05, 3.63) is 36.4 Å². The molecule has 144 valence electrons. The van der Waals surface area contributed by atoms with Crippen LogP contribution in [0.3, 0.4) is 0 Å². The Balaban J connectivity index is 1.27. The van der Waals surface area contributed by atoms with Gasteiger partial charge in [-0.2, -0.15) is 0 Å². The lowest BCUT2D eigenvalue weighted by Gasteiger charge is -2.20. The molecule has 0 amide bonds. The van der Waals surface area contributed by atoms with Gasteiger partial charge in [0.2, 0.25) is 0 Å². The number of anilines is 1. The highest BCUT2D eigenvalue weighted by Crippen LogP contribution is 2.23. The summed E-state index contributed by atoms with van der Waals surface area (Å²) in [5, 5.41) is 8.82. The summed E-state index contributed by atoms with van der Waals surface area (Å²) in [6, 6.07) is 13.1. The summed E-state index contributed by atoms with van der Waals surface area (Å²) in [7, 11) is 0. The van der Waals surface area contributed by atoms with Crippen LogP contribution in [-0.2, 0) is 0 Å². The van der Waals surface area contributed by atoms with Crippen LogP contribution in [0, 0.1) is 0 Å². The van der Waals surface area contributed by atoms with Gasteiger partial charge in [0.25, 0.3) is 0 Å². The summed E-state index contributed by atoms with van der Waals surface area (Å²) >= 11 is 0. The Morgan fingerprint density at radius 1 is 0.963 bits per heavy atom. The molecule has 5 heteroatoms. The number of ether oxygens (including phenoxy) is 1. The summed E-state index contributed by atoms with van der Waals surface area (Å²) in [6.45, 7) is 7.67. The van der Waals surface area contributed by atoms with Crippen LogP contribution in [0.5, 0.6) is 5.75 Å². The summed E-state index contributed by atoms with van der Waals surface area (Å²) in [6.07, 6.45) is 6.26. The van der Waals surface area contributed by atoms with E-state index in [4.69, 9.17) is 4.74 Å². The number of rotatable bonds is 7. The van der Waals surface area contributed by atoms with Crippen LogP contribution in [-0.4, -0.2) is 53.9 Å². The van der Waals surface area contributed by atoms with E-state index in [0.717, 1.165) is 61.5 Å². The minimum absolute atomic E-state index is 0.738. The number of benzene rings is 1. The standard InChI is InChI=1S/C22H30N4O/c1-18-6-4-15-25(18)16-5-17-27-20-9-7-19(8-10-20)21-11-12-22(24-23-21)26-13-2-3-14-26/h7-12,18H,2-6,13-17H2,1H3. The van der Waals surface area contributed by atoms with Crippen molar-refractivity contribution in [1.82, 2.24) is 15.1 Å². The fourth-order valence-electron chi connectivity index (χ4n) is 4.10. The third kappa shape index (κ3) is 4.59. The largest absolute Gasteiger partial charge is 0.494 e. The van der Waals surface area contributed by atoms with Gasteiger partial charge in [-0.25, -0.2) is 0 Å². The predicted octanol–water partition coefficient (Wildman–Crippen LogP) is 4.00. The van der Waals surface area contributed by atoms with E-state index in [-0.39, 0.29) is 0 Å². The molecular weight excluding hydrogens is 336 g/mol. The zero-order valence-electron chi connectivity index (χ0n) is 16.3. The topological polar surface area (TPSA) is 41.5 Å². The molecule has 2 aromatic rings. The maximum atomic E-state index is 5.91. The molecule has 2 saturated heterocycles. The van der Waals surface area contributed by atoms with Crippen LogP contribution in [0.4, 0.5) is 5.82 Å². The molecule has 5 nitrogen and oxygen atoms in total. The number of aromatic nitrogens is 2. The van der Waals surface area contributed by atoms with Crippen molar-refractivity contribution in [3.63, 3.8) is 0 Å². The minimum atomic E-state index is 0.738. The van der Waals surface area contributed by atoms with Gasteiger partial charge in [-0.05, 0) is 82.0 Å². The predicted molar refractivity (Wildman–Crippen MR) is 109 cm³/mol. The molecule has 4 rings (SSSR count). The van der Waals surface area contributed by atoms with Gasteiger partial charge in [-0.1, -0.05) is 0 Å². The third-order valence-corrected chi connectivity index (χ3v) is 5.78. The Bertz CT molecular complexity index is 710. The quantitative estimate of drug-likeness (QED) is 0.693.